The van der Waals surface area contributed by atoms with E-state index in [9.17, 15) is 9.59 Å². The Morgan fingerprint density at radius 3 is 2.60 bits per heavy atom. The van der Waals surface area contributed by atoms with Gasteiger partial charge >= 0.3 is 0 Å². The van der Waals surface area contributed by atoms with E-state index >= 15 is 0 Å². The van der Waals surface area contributed by atoms with E-state index in [-0.39, 0.29) is 30.3 Å². The van der Waals surface area contributed by atoms with E-state index < -0.39 is 0 Å². The number of amides is 2. The molecular formula is C14H18BrN3O2. The van der Waals surface area contributed by atoms with Gasteiger partial charge in [0.05, 0.1) is 13.1 Å². The third-order valence-corrected chi connectivity index (χ3v) is 4.04. The van der Waals surface area contributed by atoms with E-state index in [0.717, 1.165) is 17.3 Å². The molecule has 0 heterocycles. The molecule has 0 unspecified atom stereocenters. The van der Waals surface area contributed by atoms with Crippen molar-refractivity contribution in [2.24, 2.45) is 5.73 Å². The number of nitrogens with two attached hydrogens (primary N) is 1. The van der Waals surface area contributed by atoms with Crippen LogP contribution in [0.1, 0.15) is 18.4 Å². The van der Waals surface area contributed by atoms with Gasteiger partial charge in [0.2, 0.25) is 11.8 Å². The van der Waals surface area contributed by atoms with Gasteiger partial charge in [0.1, 0.15) is 0 Å². The molecule has 108 valence electrons. The molecule has 1 fully saturated rings. The third-order valence-electron chi connectivity index (χ3n) is 3.55. The average Bonchev–Trinajstić information content (AvgIpc) is 3.23. The predicted molar refractivity (Wildman–Crippen MR) is 80.1 cm³/mol. The number of halogens is 1. The number of hydrogen-bond donors (Lipinski definition) is 3. The van der Waals surface area contributed by atoms with Gasteiger partial charge in [0.25, 0.3) is 0 Å². The molecule has 1 aromatic rings. The Hall–Kier alpha value is -1.40. The zero-order chi connectivity index (χ0) is 14.6. The van der Waals surface area contributed by atoms with Crippen LogP contribution >= 0.6 is 15.9 Å². The standard InChI is InChI=1S/C14H18BrN3O2/c15-11-3-1-2-10(6-11)14(4-5-14)9-18-13(20)8-17-12(19)7-16/h1-3,6H,4-5,7-9,16H2,(H,17,19)(H,18,20). The second kappa shape index (κ2) is 6.37. The number of benzene rings is 1. The van der Waals surface area contributed by atoms with Crippen molar-refractivity contribution >= 4 is 27.7 Å². The molecule has 0 atom stereocenters. The SMILES string of the molecule is NCC(=O)NCC(=O)NCC1(c2cccc(Br)c2)CC1. The van der Waals surface area contributed by atoms with Gasteiger partial charge in [-0.25, -0.2) is 0 Å². The first-order valence-corrected chi connectivity index (χ1v) is 7.34. The first kappa shape index (κ1) is 15.0. The molecule has 0 bridgehead atoms. The normalized spacial score (nSPS) is 15.5. The van der Waals surface area contributed by atoms with Crippen molar-refractivity contribution < 1.29 is 9.59 Å². The largest absolute Gasteiger partial charge is 0.354 e. The number of rotatable bonds is 6. The zero-order valence-corrected chi connectivity index (χ0v) is 12.7. The lowest BCUT2D eigenvalue weighted by Crippen LogP contribution is -2.41. The summed E-state index contributed by atoms with van der Waals surface area (Å²) in [6.07, 6.45) is 2.14. The fourth-order valence-corrected chi connectivity index (χ4v) is 2.52. The summed E-state index contributed by atoms with van der Waals surface area (Å²) in [5, 5.41) is 5.33. The lowest BCUT2D eigenvalue weighted by atomic mass is 9.96. The van der Waals surface area contributed by atoms with Crippen LogP contribution in [0.15, 0.2) is 28.7 Å². The molecule has 4 N–H and O–H groups in total. The zero-order valence-electron chi connectivity index (χ0n) is 11.1. The van der Waals surface area contributed by atoms with Crippen LogP contribution in [0.4, 0.5) is 0 Å². The summed E-state index contributed by atoms with van der Waals surface area (Å²) in [6.45, 7) is 0.473. The van der Waals surface area contributed by atoms with E-state index in [1.807, 2.05) is 12.1 Å². The molecule has 20 heavy (non-hydrogen) atoms. The highest BCUT2D eigenvalue weighted by Gasteiger charge is 2.44. The number of nitrogens with one attached hydrogen (secondary N) is 2. The first-order valence-electron chi connectivity index (χ1n) is 6.55. The molecule has 1 aliphatic rings. The van der Waals surface area contributed by atoms with Crippen LogP contribution in [0.2, 0.25) is 0 Å². The summed E-state index contributed by atoms with van der Waals surface area (Å²) in [5.74, 6) is -0.513. The second-order valence-electron chi connectivity index (χ2n) is 5.05. The van der Waals surface area contributed by atoms with Gasteiger partial charge in [-0.3, -0.25) is 9.59 Å². The van der Waals surface area contributed by atoms with E-state index in [0.29, 0.717) is 6.54 Å². The summed E-state index contributed by atoms with van der Waals surface area (Å²) in [4.78, 5) is 22.6. The van der Waals surface area contributed by atoms with E-state index in [1.54, 1.807) is 0 Å². The van der Waals surface area contributed by atoms with E-state index in [2.05, 4.69) is 38.7 Å². The maximum absolute atomic E-state index is 11.7. The van der Waals surface area contributed by atoms with Gasteiger partial charge in [0, 0.05) is 16.4 Å². The van der Waals surface area contributed by atoms with Crippen LogP contribution in [0, 0.1) is 0 Å². The highest BCUT2D eigenvalue weighted by Crippen LogP contribution is 2.48. The molecule has 1 saturated carbocycles. The number of carbonyl (C=O) groups excluding carboxylic acids is 2. The topological polar surface area (TPSA) is 84.2 Å². The molecule has 0 spiro atoms. The van der Waals surface area contributed by atoms with Crippen molar-refractivity contribution in [3.63, 3.8) is 0 Å². The molecule has 0 radical (unpaired) electrons. The van der Waals surface area contributed by atoms with Gasteiger partial charge in [-0.05, 0) is 30.5 Å². The Balaban J connectivity index is 1.84. The number of carbonyl (C=O) groups is 2. The summed E-state index contributed by atoms with van der Waals surface area (Å²) in [6, 6.07) is 8.17. The summed E-state index contributed by atoms with van der Waals surface area (Å²) >= 11 is 3.46. The maximum atomic E-state index is 11.7. The molecule has 1 aliphatic carbocycles. The van der Waals surface area contributed by atoms with Crippen molar-refractivity contribution in [1.82, 2.24) is 10.6 Å². The maximum Gasteiger partial charge on any atom is 0.239 e. The first-order chi connectivity index (χ1) is 9.55. The van der Waals surface area contributed by atoms with Gasteiger partial charge < -0.3 is 16.4 Å². The van der Waals surface area contributed by atoms with Crippen LogP contribution in [0.5, 0.6) is 0 Å². The highest BCUT2D eigenvalue weighted by molar-refractivity contribution is 9.10. The van der Waals surface area contributed by atoms with E-state index in [4.69, 9.17) is 5.73 Å². The van der Waals surface area contributed by atoms with Crippen LogP contribution in [-0.4, -0.2) is 31.4 Å². The van der Waals surface area contributed by atoms with Crippen molar-refractivity contribution in [3.8, 4) is 0 Å². The molecular weight excluding hydrogens is 322 g/mol. The van der Waals surface area contributed by atoms with Crippen LogP contribution in [0.3, 0.4) is 0 Å². The van der Waals surface area contributed by atoms with Crippen molar-refractivity contribution in [1.29, 1.82) is 0 Å². The van der Waals surface area contributed by atoms with Gasteiger partial charge in [-0.1, -0.05) is 28.1 Å². The van der Waals surface area contributed by atoms with Crippen LogP contribution in [0.25, 0.3) is 0 Å². The van der Waals surface area contributed by atoms with Crippen LogP contribution < -0.4 is 16.4 Å². The molecule has 2 rings (SSSR count). The third kappa shape index (κ3) is 3.80. The molecule has 6 heteroatoms. The summed E-state index contributed by atoms with van der Waals surface area (Å²) < 4.78 is 1.04. The van der Waals surface area contributed by atoms with Crippen molar-refractivity contribution in [2.75, 3.05) is 19.6 Å². The Kier molecular flexibility index (Phi) is 4.77. The lowest BCUT2D eigenvalue weighted by molar-refractivity contribution is -0.125. The van der Waals surface area contributed by atoms with Gasteiger partial charge in [0.15, 0.2) is 0 Å². The minimum Gasteiger partial charge on any atom is -0.354 e. The predicted octanol–water partition coefficient (Wildman–Crippen LogP) is 0.672. The van der Waals surface area contributed by atoms with Crippen LogP contribution in [-0.2, 0) is 15.0 Å². The quantitative estimate of drug-likeness (QED) is 0.712. The minimum absolute atomic E-state index is 0.0232. The fourth-order valence-electron chi connectivity index (χ4n) is 2.12. The Morgan fingerprint density at radius 1 is 1.25 bits per heavy atom. The van der Waals surface area contributed by atoms with Crippen molar-refractivity contribution in [3.05, 3.63) is 34.3 Å². The minimum atomic E-state index is -0.326. The smallest absolute Gasteiger partial charge is 0.239 e. The summed E-state index contributed by atoms with van der Waals surface area (Å²) in [7, 11) is 0. The number of hydrogen-bond acceptors (Lipinski definition) is 3. The molecule has 1 aromatic carbocycles. The highest BCUT2D eigenvalue weighted by atomic mass is 79.9. The molecule has 0 aliphatic heterocycles. The van der Waals surface area contributed by atoms with E-state index in [1.165, 1.54) is 5.56 Å². The Morgan fingerprint density at radius 2 is 2.00 bits per heavy atom. The molecule has 2 amide bonds. The lowest BCUT2D eigenvalue weighted by Gasteiger charge is -2.17. The fraction of sp³-hybridized carbons (Fsp3) is 0.429. The van der Waals surface area contributed by atoms with Gasteiger partial charge in [-0.2, -0.15) is 0 Å². The molecule has 0 saturated heterocycles. The molecule has 0 aromatic heterocycles. The summed E-state index contributed by atoms with van der Waals surface area (Å²) in [5.41, 5.74) is 6.44. The Bertz CT molecular complexity index is 515. The Labute approximate surface area is 126 Å². The second-order valence-corrected chi connectivity index (χ2v) is 5.96. The monoisotopic (exact) mass is 339 g/mol. The average molecular weight is 340 g/mol. The molecule has 5 nitrogen and oxygen atoms in total. The van der Waals surface area contributed by atoms with Gasteiger partial charge in [-0.15, -0.1) is 0 Å². The van der Waals surface area contributed by atoms with Crippen molar-refractivity contribution in [2.45, 2.75) is 18.3 Å².